The maximum Gasteiger partial charge on any atom is 0.0331 e. The van der Waals surface area contributed by atoms with Crippen molar-refractivity contribution < 1.29 is 0 Å². The van der Waals surface area contributed by atoms with Crippen molar-refractivity contribution in [1.82, 2.24) is 10.2 Å². The van der Waals surface area contributed by atoms with Crippen LogP contribution < -0.4 is 5.32 Å². The predicted molar refractivity (Wildman–Crippen MR) is 66.3 cm³/mol. The molecule has 0 amide bonds. The molecule has 2 heterocycles. The second kappa shape index (κ2) is 5.64. The molecule has 0 radical (unpaired) electrons. The third kappa shape index (κ3) is 3.03. The highest BCUT2D eigenvalue weighted by Crippen LogP contribution is 2.16. The Bertz CT molecular complexity index is 265. The Labute approximate surface area is 96.3 Å². The highest BCUT2D eigenvalue weighted by molar-refractivity contribution is 7.09. The average Bonchev–Trinajstić information content (AvgIpc) is 2.80. The molecule has 1 fully saturated rings. The second-order valence-corrected chi connectivity index (χ2v) is 5.17. The van der Waals surface area contributed by atoms with E-state index in [9.17, 15) is 0 Å². The molecule has 2 nitrogen and oxygen atoms in total. The number of thiophene rings is 1. The van der Waals surface area contributed by atoms with Crippen LogP contribution in [0.5, 0.6) is 0 Å². The van der Waals surface area contributed by atoms with E-state index in [-0.39, 0.29) is 0 Å². The first kappa shape index (κ1) is 11.1. The number of rotatable bonds is 4. The molecule has 0 aromatic carbocycles. The third-order valence-corrected chi connectivity index (χ3v) is 3.99. The number of hydrogen-bond donors (Lipinski definition) is 1. The van der Waals surface area contributed by atoms with Crippen molar-refractivity contribution in [3.05, 3.63) is 22.4 Å². The molecule has 2 rings (SSSR count). The van der Waals surface area contributed by atoms with Gasteiger partial charge in [0.25, 0.3) is 0 Å². The molecular weight excluding hydrogens is 204 g/mol. The SMILES string of the molecule is CCN(Cc1cccs1)C1CCCNC1. The lowest BCUT2D eigenvalue weighted by Crippen LogP contribution is -2.45. The predicted octanol–water partition coefficient (Wildman–Crippen LogP) is 2.32. The molecule has 1 unspecified atom stereocenters. The smallest absolute Gasteiger partial charge is 0.0331 e. The van der Waals surface area contributed by atoms with Crippen molar-refractivity contribution in [2.45, 2.75) is 32.4 Å². The Morgan fingerprint density at radius 1 is 1.60 bits per heavy atom. The van der Waals surface area contributed by atoms with Gasteiger partial charge in [-0.2, -0.15) is 0 Å². The fourth-order valence-corrected chi connectivity index (χ4v) is 2.98. The maximum absolute atomic E-state index is 3.49. The van der Waals surface area contributed by atoms with Crippen LogP contribution in [0, 0.1) is 0 Å². The van der Waals surface area contributed by atoms with Gasteiger partial charge in [-0.25, -0.2) is 0 Å². The van der Waals surface area contributed by atoms with Gasteiger partial charge >= 0.3 is 0 Å². The summed E-state index contributed by atoms with van der Waals surface area (Å²) in [6, 6.07) is 5.13. The van der Waals surface area contributed by atoms with Gasteiger partial charge in [-0.1, -0.05) is 13.0 Å². The molecular formula is C12H20N2S. The van der Waals surface area contributed by atoms with Gasteiger partial charge in [-0.05, 0) is 37.4 Å². The van der Waals surface area contributed by atoms with E-state index in [2.05, 4.69) is 34.7 Å². The largest absolute Gasteiger partial charge is 0.315 e. The van der Waals surface area contributed by atoms with Gasteiger partial charge in [0.2, 0.25) is 0 Å². The zero-order valence-corrected chi connectivity index (χ0v) is 10.2. The zero-order valence-electron chi connectivity index (χ0n) is 9.41. The van der Waals surface area contributed by atoms with Crippen LogP contribution in [-0.4, -0.2) is 30.6 Å². The molecule has 1 atom stereocenters. The molecule has 0 spiro atoms. The summed E-state index contributed by atoms with van der Waals surface area (Å²) in [7, 11) is 0. The van der Waals surface area contributed by atoms with E-state index in [1.54, 1.807) is 0 Å². The number of hydrogen-bond acceptors (Lipinski definition) is 3. The van der Waals surface area contributed by atoms with Crippen LogP contribution in [-0.2, 0) is 6.54 Å². The molecule has 1 aliphatic heterocycles. The van der Waals surface area contributed by atoms with Gasteiger partial charge in [0.1, 0.15) is 0 Å². The van der Waals surface area contributed by atoms with E-state index in [0.717, 1.165) is 19.1 Å². The van der Waals surface area contributed by atoms with Crippen molar-refractivity contribution in [3.8, 4) is 0 Å². The van der Waals surface area contributed by atoms with Gasteiger partial charge in [0.15, 0.2) is 0 Å². The number of piperidine rings is 1. The maximum atomic E-state index is 3.49. The molecule has 1 N–H and O–H groups in total. The number of nitrogens with one attached hydrogen (secondary N) is 1. The molecule has 0 saturated carbocycles. The van der Waals surface area contributed by atoms with Crippen molar-refractivity contribution in [1.29, 1.82) is 0 Å². The molecule has 1 saturated heterocycles. The minimum atomic E-state index is 0.742. The van der Waals surface area contributed by atoms with Crippen LogP contribution in [0.15, 0.2) is 17.5 Å². The van der Waals surface area contributed by atoms with Crippen LogP contribution in [0.3, 0.4) is 0 Å². The van der Waals surface area contributed by atoms with Crippen LogP contribution in [0.25, 0.3) is 0 Å². The van der Waals surface area contributed by atoms with E-state index >= 15 is 0 Å². The summed E-state index contributed by atoms with van der Waals surface area (Å²) in [4.78, 5) is 4.08. The second-order valence-electron chi connectivity index (χ2n) is 4.14. The Kier molecular flexibility index (Phi) is 4.18. The molecule has 1 aromatic rings. The quantitative estimate of drug-likeness (QED) is 0.844. The molecule has 0 aliphatic carbocycles. The van der Waals surface area contributed by atoms with E-state index in [4.69, 9.17) is 0 Å². The minimum absolute atomic E-state index is 0.742. The van der Waals surface area contributed by atoms with E-state index < -0.39 is 0 Å². The van der Waals surface area contributed by atoms with Crippen LogP contribution in [0.1, 0.15) is 24.6 Å². The normalized spacial score (nSPS) is 22.1. The fraction of sp³-hybridized carbons (Fsp3) is 0.667. The van der Waals surface area contributed by atoms with Crippen molar-refractivity contribution >= 4 is 11.3 Å². The molecule has 3 heteroatoms. The van der Waals surface area contributed by atoms with Crippen molar-refractivity contribution in [2.24, 2.45) is 0 Å². The third-order valence-electron chi connectivity index (χ3n) is 3.13. The van der Waals surface area contributed by atoms with Gasteiger partial charge in [-0.15, -0.1) is 11.3 Å². The average molecular weight is 224 g/mol. The summed E-state index contributed by atoms with van der Waals surface area (Å²) in [6.07, 6.45) is 2.68. The molecule has 1 aromatic heterocycles. The van der Waals surface area contributed by atoms with E-state index in [0.29, 0.717) is 0 Å². The molecule has 84 valence electrons. The first-order valence-corrected chi connectivity index (χ1v) is 6.75. The monoisotopic (exact) mass is 224 g/mol. The summed E-state index contributed by atoms with van der Waals surface area (Å²) < 4.78 is 0. The fourth-order valence-electron chi connectivity index (χ4n) is 2.25. The first-order valence-electron chi connectivity index (χ1n) is 5.87. The van der Waals surface area contributed by atoms with E-state index in [1.165, 1.54) is 30.8 Å². The summed E-state index contributed by atoms with van der Waals surface area (Å²) >= 11 is 1.87. The minimum Gasteiger partial charge on any atom is -0.315 e. The van der Waals surface area contributed by atoms with Gasteiger partial charge < -0.3 is 5.32 Å². The van der Waals surface area contributed by atoms with Crippen LogP contribution in [0.4, 0.5) is 0 Å². The van der Waals surface area contributed by atoms with Crippen LogP contribution in [0.2, 0.25) is 0 Å². The first-order chi connectivity index (χ1) is 7.40. The van der Waals surface area contributed by atoms with Gasteiger partial charge in [-0.3, -0.25) is 4.90 Å². The highest BCUT2D eigenvalue weighted by atomic mass is 32.1. The summed E-state index contributed by atoms with van der Waals surface area (Å²) in [6.45, 7) is 6.92. The van der Waals surface area contributed by atoms with Crippen molar-refractivity contribution in [3.63, 3.8) is 0 Å². The Morgan fingerprint density at radius 2 is 2.53 bits per heavy atom. The topological polar surface area (TPSA) is 15.3 Å². The molecule has 1 aliphatic rings. The standard InChI is InChI=1S/C12H20N2S/c1-2-14(10-12-6-4-8-15-12)11-5-3-7-13-9-11/h4,6,8,11,13H,2-3,5,7,9-10H2,1H3. The summed E-state index contributed by atoms with van der Waals surface area (Å²) in [5.74, 6) is 0. The van der Waals surface area contributed by atoms with Gasteiger partial charge in [0.05, 0.1) is 0 Å². The summed E-state index contributed by atoms with van der Waals surface area (Å²) in [5.41, 5.74) is 0. The number of nitrogens with zero attached hydrogens (tertiary/aromatic N) is 1. The van der Waals surface area contributed by atoms with Crippen LogP contribution >= 0.6 is 11.3 Å². The molecule has 15 heavy (non-hydrogen) atoms. The lowest BCUT2D eigenvalue weighted by atomic mass is 10.1. The molecule has 0 bridgehead atoms. The van der Waals surface area contributed by atoms with Gasteiger partial charge in [0, 0.05) is 24.0 Å². The summed E-state index contributed by atoms with van der Waals surface area (Å²) in [5, 5.41) is 5.66. The number of likely N-dealkylation sites (N-methyl/N-ethyl adjacent to an activating group) is 1. The zero-order chi connectivity index (χ0) is 10.5. The Morgan fingerprint density at radius 3 is 3.13 bits per heavy atom. The lowest BCUT2D eigenvalue weighted by Gasteiger charge is -2.33. The lowest BCUT2D eigenvalue weighted by molar-refractivity contribution is 0.167. The van der Waals surface area contributed by atoms with E-state index in [1.807, 2.05) is 11.3 Å². The Balaban J connectivity index is 1.91. The Hall–Kier alpha value is -0.380. The van der Waals surface area contributed by atoms with Crippen molar-refractivity contribution in [2.75, 3.05) is 19.6 Å². The highest BCUT2D eigenvalue weighted by Gasteiger charge is 2.19.